The Morgan fingerprint density at radius 3 is 1.67 bits per heavy atom. The highest BCUT2D eigenvalue weighted by Gasteiger charge is 2.18. The van der Waals surface area contributed by atoms with E-state index in [0.29, 0.717) is 5.56 Å². The van der Waals surface area contributed by atoms with Crippen molar-refractivity contribution in [3.63, 3.8) is 0 Å². The van der Waals surface area contributed by atoms with Gasteiger partial charge in [-0.05, 0) is 76.6 Å². The molecule has 9 aromatic rings. The molecule has 1 aromatic heterocycles. The third kappa shape index (κ3) is 3.34. The van der Waals surface area contributed by atoms with Crippen LogP contribution in [0, 0.1) is 0 Å². The fourth-order valence-corrected chi connectivity index (χ4v) is 6.74. The van der Waals surface area contributed by atoms with E-state index >= 15 is 0 Å². The minimum absolute atomic E-state index is 0.201. The highest BCUT2D eigenvalue weighted by Crippen LogP contribution is 2.44. The zero-order valence-corrected chi connectivity index (χ0v) is 22.5. The first kappa shape index (κ1) is 18.7. The molecule has 1 heteroatoms. The van der Waals surface area contributed by atoms with Crippen LogP contribution < -0.4 is 0 Å². The van der Waals surface area contributed by atoms with Gasteiger partial charge in [0, 0.05) is 17.3 Å². The van der Waals surface area contributed by atoms with Crippen LogP contribution >= 0.6 is 0 Å². The number of nitrogens with zero attached hydrogens (tertiary/aromatic N) is 1. The van der Waals surface area contributed by atoms with Crippen LogP contribution in [-0.4, -0.2) is 4.98 Å². The molecule has 1 nitrogen and oxygen atoms in total. The van der Waals surface area contributed by atoms with Crippen LogP contribution in [0.3, 0.4) is 0 Å². The van der Waals surface area contributed by atoms with Gasteiger partial charge in [-0.2, -0.15) is 0 Å². The molecule has 0 radical (unpaired) electrons. The summed E-state index contributed by atoms with van der Waals surface area (Å²) in [5.74, 6) is 0. The molecule has 194 valence electrons. The molecule has 0 atom stereocenters. The van der Waals surface area contributed by atoms with Crippen molar-refractivity contribution in [3.05, 3.63) is 152 Å². The van der Waals surface area contributed by atoms with Gasteiger partial charge in [0.15, 0.2) is 0 Å². The normalized spacial score (nSPS) is 13.5. The second-order valence-corrected chi connectivity index (χ2v) is 10.7. The van der Waals surface area contributed by atoms with Crippen molar-refractivity contribution in [2.24, 2.45) is 0 Å². The summed E-state index contributed by atoms with van der Waals surface area (Å²) in [4.78, 5) is 5.05. The zero-order chi connectivity index (χ0) is 32.0. The van der Waals surface area contributed by atoms with Gasteiger partial charge < -0.3 is 0 Å². The summed E-state index contributed by atoms with van der Waals surface area (Å²) in [5.41, 5.74) is 4.72. The molecule has 42 heavy (non-hydrogen) atoms. The van der Waals surface area contributed by atoms with Crippen molar-refractivity contribution in [2.75, 3.05) is 0 Å². The van der Waals surface area contributed by atoms with Crippen molar-refractivity contribution in [3.8, 4) is 33.5 Å². The monoisotopic (exact) mass is 536 g/mol. The lowest BCUT2D eigenvalue weighted by molar-refractivity contribution is 1.34. The molecule has 0 unspecified atom stereocenters. The quantitative estimate of drug-likeness (QED) is 0.162. The topological polar surface area (TPSA) is 12.9 Å². The van der Waals surface area contributed by atoms with Gasteiger partial charge in [0.05, 0.1) is 12.5 Å². The minimum Gasteiger partial charge on any atom is -0.256 e. The first-order chi connectivity index (χ1) is 22.9. The summed E-state index contributed by atoms with van der Waals surface area (Å²) in [5, 5.41) is 10.8. The van der Waals surface area contributed by atoms with Crippen LogP contribution in [0.1, 0.15) is 6.85 Å². The van der Waals surface area contributed by atoms with Crippen LogP contribution in [0.4, 0.5) is 0 Å². The van der Waals surface area contributed by atoms with E-state index in [9.17, 15) is 0 Å². The Kier molecular flexibility index (Phi) is 4.01. The van der Waals surface area contributed by atoms with E-state index in [4.69, 9.17) is 11.8 Å². The molecule has 0 aliphatic heterocycles. The molecule has 0 amide bonds. The molecular weight excluding hydrogens is 506 g/mol. The van der Waals surface area contributed by atoms with Crippen molar-refractivity contribution in [1.29, 1.82) is 0 Å². The summed E-state index contributed by atoms with van der Waals surface area (Å²) < 4.78 is 42.4. The minimum atomic E-state index is -0.400. The molecule has 0 fully saturated rings. The van der Waals surface area contributed by atoms with Crippen molar-refractivity contribution in [1.82, 2.24) is 4.98 Å². The summed E-state index contributed by atoms with van der Waals surface area (Å²) >= 11 is 0. The highest BCUT2D eigenvalue weighted by molar-refractivity contribution is 6.25. The molecule has 1 heterocycles. The van der Waals surface area contributed by atoms with Crippen molar-refractivity contribution in [2.45, 2.75) is 0 Å². The Morgan fingerprint density at radius 2 is 1.02 bits per heavy atom. The van der Waals surface area contributed by atoms with Crippen LogP contribution in [0.5, 0.6) is 0 Å². The molecule has 0 N–H and O–H groups in total. The predicted octanol–water partition coefficient (Wildman–Crippen LogP) is 11.3. The third-order valence-corrected chi connectivity index (χ3v) is 8.54. The number of benzene rings is 8. The zero-order valence-electron chi connectivity index (χ0n) is 27.5. The Bertz CT molecular complexity index is 2630. The fourth-order valence-electron chi connectivity index (χ4n) is 6.74. The molecular formula is C41H25N. The maximum Gasteiger partial charge on any atom is 0.0714 e. The van der Waals surface area contributed by atoms with Crippen molar-refractivity contribution < 1.29 is 6.85 Å². The van der Waals surface area contributed by atoms with E-state index in [-0.39, 0.29) is 29.7 Å². The van der Waals surface area contributed by atoms with E-state index < -0.39 is 6.04 Å². The van der Waals surface area contributed by atoms with Gasteiger partial charge in [0.25, 0.3) is 0 Å². The largest absolute Gasteiger partial charge is 0.256 e. The van der Waals surface area contributed by atoms with Crippen LogP contribution in [0.15, 0.2) is 152 Å². The van der Waals surface area contributed by atoms with Gasteiger partial charge in [-0.25, -0.2) is 0 Å². The molecule has 0 saturated heterocycles. The second-order valence-electron chi connectivity index (χ2n) is 10.7. The average molecular weight is 537 g/mol. The number of rotatable bonds is 3. The number of aromatic nitrogens is 1. The molecule has 0 saturated carbocycles. The molecule has 0 spiro atoms. The lowest BCUT2D eigenvalue weighted by atomic mass is 9.87. The Labute approximate surface area is 250 Å². The SMILES string of the molecule is [2H]c1c([2H])c([2H])c(-c2c3ccccc3c(-c3ccc(-c4ccc5ccc6cccc7ccc4c5c67)cn3)c3ccccc23)c([2H])c1[2H]. The summed E-state index contributed by atoms with van der Waals surface area (Å²) in [7, 11) is 0. The molecule has 9 rings (SSSR count). The van der Waals surface area contributed by atoms with Crippen LogP contribution in [0.25, 0.3) is 87.4 Å². The lowest BCUT2D eigenvalue weighted by Crippen LogP contribution is -1.93. The van der Waals surface area contributed by atoms with E-state index in [1.54, 1.807) is 0 Å². The first-order valence-electron chi connectivity index (χ1n) is 16.6. The Morgan fingerprint density at radius 1 is 0.429 bits per heavy atom. The standard InChI is InChI=1S/C41H25N/c1-2-9-26(10-3-1)39-32-13-4-6-15-34(32)41(35-16-7-5-14-33(35)39)37-24-21-30(25-42-37)31-22-19-29-18-17-27-11-8-12-28-20-23-36(31)40(29)38(27)28/h1-25H/i1D,2D,3D,9D,10D. The lowest BCUT2D eigenvalue weighted by Gasteiger charge is -2.17. The van der Waals surface area contributed by atoms with E-state index in [2.05, 4.69) is 66.7 Å². The third-order valence-electron chi connectivity index (χ3n) is 8.54. The molecule has 0 aliphatic carbocycles. The predicted molar refractivity (Wildman–Crippen MR) is 179 cm³/mol. The molecule has 0 bridgehead atoms. The van der Waals surface area contributed by atoms with Gasteiger partial charge in [0.1, 0.15) is 0 Å². The van der Waals surface area contributed by atoms with Crippen LogP contribution in [-0.2, 0) is 0 Å². The summed E-state index contributed by atoms with van der Waals surface area (Å²) in [6.07, 6.45) is 1.94. The average Bonchev–Trinajstić information content (AvgIpc) is 3.12. The van der Waals surface area contributed by atoms with Gasteiger partial charge >= 0.3 is 0 Å². The first-order valence-corrected chi connectivity index (χ1v) is 14.1. The molecule has 0 aliphatic rings. The van der Waals surface area contributed by atoms with Crippen LogP contribution in [0.2, 0.25) is 0 Å². The number of fused-ring (bicyclic) bond motifs is 2. The highest BCUT2D eigenvalue weighted by atomic mass is 14.7. The smallest absolute Gasteiger partial charge is 0.0714 e. The number of pyridine rings is 1. The van der Waals surface area contributed by atoms with Gasteiger partial charge in [-0.15, -0.1) is 0 Å². The van der Waals surface area contributed by atoms with Gasteiger partial charge in [-0.1, -0.05) is 139 Å². The fraction of sp³-hybridized carbons (Fsp3) is 0. The van der Waals surface area contributed by atoms with E-state index in [1.165, 1.54) is 32.3 Å². The van der Waals surface area contributed by atoms with Crippen molar-refractivity contribution >= 4 is 53.9 Å². The van der Waals surface area contributed by atoms with Gasteiger partial charge in [-0.3, -0.25) is 4.98 Å². The van der Waals surface area contributed by atoms with Gasteiger partial charge in [0.2, 0.25) is 0 Å². The second kappa shape index (κ2) is 8.99. The summed E-state index contributed by atoms with van der Waals surface area (Å²) in [6, 6.07) is 38.0. The Hall–Kier alpha value is -5.53. The maximum atomic E-state index is 8.79. The van der Waals surface area contributed by atoms with E-state index in [1.807, 2.05) is 54.7 Å². The number of hydrogen-bond donors (Lipinski definition) is 0. The number of hydrogen-bond acceptors (Lipinski definition) is 1. The van der Waals surface area contributed by atoms with E-state index in [0.717, 1.165) is 43.9 Å². The Balaban J connectivity index is 1.27. The molecule has 8 aromatic carbocycles. The maximum absolute atomic E-state index is 8.79. The summed E-state index contributed by atoms with van der Waals surface area (Å²) in [6.45, 7) is 0.